The average Bonchev–Trinajstić information content (AvgIpc) is 3.19. The number of urea groups is 1. The number of aryl methyl sites for hydroxylation is 1. The number of carbonyl (C=O) groups excluding carboxylic acids is 1. The molecule has 1 unspecified atom stereocenters. The van der Waals surface area contributed by atoms with Crippen molar-refractivity contribution >= 4 is 17.4 Å². The summed E-state index contributed by atoms with van der Waals surface area (Å²) in [6.07, 6.45) is 3.57. The second-order valence-corrected chi connectivity index (χ2v) is 6.36. The molecule has 2 aromatic heterocycles. The normalized spacial score (nSPS) is 17.4. The first-order valence-electron chi connectivity index (χ1n) is 7.72. The molecule has 1 atom stereocenters. The summed E-state index contributed by atoms with van der Waals surface area (Å²) < 4.78 is 1.94. The van der Waals surface area contributed by atoms with Crippen LogP contribution in [0.25, 0.3) is 0 Å². The lowest BCUT2D eigenvalue weighted by atomic mass is 9.98. The van der Waals surface area contributed by atoms with Gasteiger partial charge in [-0.3, -0.25) is 0 Å². The Hall–Kier alpha value is -1.89. The summed E-state index contributed by atoms with van der Waals surface area (Å²) in [5.74, 6) is 0.789. The molecule has 2 amide bonds. The standard InChI is InChI=1S/C15H21N5OS/c1-3-12-11-6-8-22-13(11)5-7-20(12)15(21)16-9-14-18-17-10-19(14)4-2/h6,8,10,12H,3-5,7,9H2,1-2H3,(H,16,21). The third-order valence-corrected chi connectivity index (χ3v) is 5.17. The minimum atomic E-state index is -0.0191. The van der Waals surface area contributed by atoms with E-state index in [1.54, 1.807) is 17.7 Å². The molecular formula is C15H21N5OS. The monoisotopic (exact) mass is 319 g/mol. The first-order valence-corrected chi connectivity index (χ1v) is 8.60. The predicted octanol–water partition coefficient (Wildman–Crippen LogP) is 2.58. The summed E-state index contributed by atoms with van der Waals surface area (Å²) in [4.78, 5) is 15.9. The van der Waals surface area contributed by atoms with E-state index in [1.165, 1.54) is 10.4 Å². The second-order valence-electron chi connectivity index (χ2n) is 5.36. The lowest BCUT2D eigenvalue weighted by Gasteiger charge is -2.35. The third kappa shape index (κ3) is 2.72. The van der Waals surface area contributed by atoms with Gasteiger partial charge in [0.15, 0.2) is 5.82 Å². The molecule has 0 saturated carbocycles. The first kappa shape index (κ1) is 15.0. The summed E-state index contributed by atoms with van der Waals surface area (Å²) in [5.41, 5.74) is 1.31. The highest BCUT2D eigenvalue weighted by molar-refractivity contribution is 7.10. The van der Waals surface area contributed by atoms with Gasteiger partial charge in [-0.05, 0) is 36.8 Å². The Morgan fingerprint density at radius 1 is 1.50 bits per heavy atom. The quantitative estimate of drug-likeness (QED) is 0.942. The highest BCUT2D eigenvalue weighted by Gasteiger charge is 2.30. The highest BCUT2D eigenvalue weighted by atomic mass is 32.1. The van der Waals surface area contributed by atoms with Gasteiger partial charge >= 0.3 is 6.03 Å². The molecule has 1 aliphatic rings. The topological polar surface area (TPSA) is 63.1 Å². The molecule has 1 N–H and O–H groups in total. The van der Waals surface area contributed by atoms with Crippen LogP contribution in [0.1, 0.15) is 42.6 Å². The van der Waals surface area contributed by atoms with Crippen LogP contribution in [-0.2, 0) is 19.5 Å². The van der Waals surface area contributed by atoms with E-state index in [0.717, 1.165) is 31.8 Å². The van der Waals surface area contributed by atoms with Crippen LogP contribution in [0.3, 0.4) is 0 Å². The fourth-order valence-electron chi connectivity index (χ4n) is 3.02. The van der Waals surface area contributed by atoms with E-state index in [0.29, 0.717) is 6.54 Å². The van der Waals surface area contributed by atoms with Gasteiger partial charge in [-0.15, -0.1) is 21.5 Å². The van der Waals surface area contributed by atoms with Crippen LogP contribution in [0.4, 0.5) is 4.79 Å². The van der Waals surface area contributed by atoms with Crippen LogP contribution in [0, 0.1) is 0 Å². The van der Waals surface area contributed by atoms with Crippen molar-refractivity contribution in [2.24, 2.45) is 0 Å². The van der Waals surface area contributed by atoms with Crippen LogP contribution >= 0.6 is 11.3 Å². The van der Waals surface area contributed by atoms with Gasteiger partial charge in [0.05, 0.1) is 12.6 Å². The molecule has 118 valence electrons. The van der Waals surface area contributed by atoms with Crippen molar-refractivity contribution in [3.05, 3.63) is 34.0 Å². The number of hydrogen-bond donors (Lipinski definition) is 1. The molecule has 0 aliphatic carbocycles. The van der Waals surface area contributed by atoms with Crippen LogP contribution in [0.2, 0.25) is 0 Å². The summed E-state index contributed by atoms with van der Waals surface area (Å²) in [5, 5.41) is 13.0. The molecule has 0 bridgehead atoms. The summed E-state index contributed by atoms with van der Waals surface area (Å²) >= 11 is 1.79. The van der Waals surface area contributed by atoms with Crippen LogP contribution in [0.5, 0.6) is 0 Å². The van der Waals surface area contributed by atoms with Crippen LogP contribution in [-0.4, -0.2) is 32.2 Å². The fraction of sp³-hybridized carbons (Fsp3) is 0.533. The SMILES string of the molecule is CCC1c2ccsc2CCN1C(=O)NCc1nncn1CC. The summed E-state index contributed by atoms with van der Waals surface area (Å²) in [6.45, 7) is 6.15. The van der Waals surface area contributed by atoms with Crippen molar-refractivity contribution in [3.63, 3.8) is 0 Å². The van der Waals surface area contributed by atoms with Crippen molar-refractivity contribution in [2.75, 3.05) is 6.54 Å². The average molecular weight is 319 g/mol. The lowest BCUT2D eigenvalue weighted by Crippen LogP contribution is -2.45. The number of amides is 2. The van der Waals surface area contributed by atoms with E-state index in [9.17, 15) is 4.79 Å². The molecule has 3 heterocycles. The van der Waals surface area contributed by atoms with Crippen LogP contribution < -0.4 is 5.32 Å². The first-order chi connectivity index (χ1) is 10.7. The van der Waals surface area contributed by atoms with Crippen LogP contribution in [0.15, 0.2) is 17.8 Å². The van der Waals surface area contributed by atoms with E-state index in [2.05, 4.69) is 33.9 Å². The number of carbonyl (C=O) groups is 1. The van der Waals surface area contributed by atoms with Gasteiger partial charge < -0.3 is 14.8 Å². The zero-order chi connectivity index (χ0) is 15.5. The Kier molecular flexibility index (Phi) is 4.42. The number of nitrogens with one attached hydrogen (secondary N) is 1. The van der Waals surface area contributed by atoms with E-state index in [4.69, 9.17) is 0 Å². The molecule has 3 rings (SSSR count). The van der Waals surface area contributed by atoms with Gasteiger partial charge in [-0.1, -0.05) is 6.92 Å². The van der Waals surface area contributed by atoms with Gasteiger partial charge in [0.1, 0.15) is 6.33 Å². The zero-order valence-electron chi connectivity index (χ0n) is 13.0. The Morgan fingerprint density at radius 3 is 3.14 bits per heavy atom. The number of thiophene rings is 1. The van der Waals surface area contributed by atoms with Crippen molar-refractivity contribution < 1.29 is 4.79 Å². The fourth-order valence-corrected chi connectivity index (χ4v) is 3.94. The van der Waals surface area contributed by atoms with E-state index in [-0.39, 0.29) is 12.1 Å². The summed E-state index contributed by atoms with van der Waals surface area (Å²) in [6, 6.07) is 2.31. The van der Waals surface area contributed by atoms with Crippen molar-refractivity contribution in [1.29, 1.82) is 0 Å². The van der Waals surface area contributed by atoms with Gasteiger partial charge in [-0.25, -0.2) is 4.79 Å². The maximum Gasteiger partial charge on any atom is 0.318 e. The molecule has 2 aromatic rings. The maximum absolute atomic E-state index is 12.6. The number of nitrogens with zero attached hydrogens (tertiary/aromatic N) is 4. The van der Waals surface area contributed by atoms with Crippen molar-refractivity contribution in [2.45, 2.75) is 45.8 Å². The van der Waals surface area contributed by atoms with E-state index >= 15 is 0 Å². The van der Waals surface area contributed by atoms with Gasteiger partial charge in [0.2, 0.25) is 0 Å². The minimum absolute atomic E-state index is 0.0191. The molecule has 0 fully saturated rings. The molecule has 0 aromatic carbocycles. The smallest absolute Gasteiger partial charge is 0.318 e. The van der Waals surface area contributed by atoms with Gasteiger partial charge in [0, 0.05) is 18.0 Å². The van der Waals surface area contributed by atoms with E-state index in [1.807, 2.05) is 16.4 Å². The number of fused-ring (bicyclic) bond motifs is 1. The van der Waals surface area contributed by atoms with Gasteiger partial charge in [0.25, 0.3) is 0 Å². The Balaban J connectivity index is 1.67. The number of hydrogen-bond acceptors (Lipinski definition) is 4. The molecule has 0 spiro atoms. The Bertz CT molecular complexity index is 650. The van der Waals surface area contributed by atoms with Crippen molar-refractivity contribution in [3.8, 4) is 0 Å². The molecule has 0 radical (unpaired) electrons. The third-order valence-electron chi connectivity index (χ3n) is 4.18. The number of rotatable bonds is 4. The number of aromatic nitrogens is 3. The predicted molar refractivity (Wildman–Crippen MR) is 85.7 cm³/mol. The van der Waals surface area contributed by atoms with E-state index < -0.39 is 0 Å². The molecular weight excluding hydrogens is 298 g/mol. The van der Waals surface area contributed by atoms with Gasteiger partial charge in [-0.2, -0.15) is 0 Å². The highest BCUT2D eigenvalue weighted by Crippen LogP contribution is 2.35. The Morgan fingerprint density at radius 2 is 2.36 bits per heavy atom. The molecule has 0 saturated heterocycles. The molecule has 6 nitrogen and oxygen atoms in total. The zero-order valence-corrected chi connectivity index (χ0v) is 13.8. The molecule has 1 aliphatic heterocycles. The molecule has 7 heteroatoms. The largest absolute Gasteiger partial charge is 0.331 e. The minimum Gasteiger partial charge on any atom is -0.331 e. The molecule has 22 heavy (non-hydrogen) atoms. The summed E-state index contributed by atoms with van der Waals surface area (Å²) in [7, 11) is 0. The Labute approximate surface area is 134 Å². The van der Waals surface area contributed by atoms with Crippen molar-refractivity contribution in [1.82, 2.24) is 25.0 Å². The maximum atomic E-state index is 12.6. The lowest BCUT2D eigenvalue weighted by molar-refractivity contribution is 0.167. The second kappa shape index (κ2) is 6.48.